The predicted molar refractivity (Wildman–Crippen MR) is 78.5 cm³/mol. The monoisotopic (exact) mass is 289 g/mol. The van der Waals surface area contributed by atoms with E-state index in [0.29, 0.717) is 6.42 Å². The van der Waals surface area contributed by atoms with E-state index in [0.717, 1.165) is 25.9 Å². The number of rotatable bonds is 4. The van der Waals surface area contributed by atoms with Crippen LogP contribution in [0.25, 0.3) is 10.2 Å². The molecule has 0 bridgehead atoms. The van der Waals surface area contributed by atoms with Gasteiger partial charge in [-0.3, -0.25) is 4.79 Å². The summed E-state index contributed by atoms with van der Waals surface area (Å²) in [6.07, 6.45) is 0.350. The maximum absolute atomic E-state index is 12.1. The van der Waals surface area contributed by atoms with Crippen LogP contribution in [-0.2, 0) is 6.42 Å². The molecule has 0 fully saturated rings. The number of thiophene rings is 1. The Balaban J connectivity index is 1.82. The predicted octanol–water partition coefficient (Wildman–Crippen LogP) is 3.79. The third-order valence-corrected chi connectivity index (χ3v) is 4.72. The van der Waals surface area contributed by atoms with Crippen molar-refractivity contribution >= 4 is 38.7 Å². The summed E-state index contributed by atoms with van der Waals surface area (Å²) in [4.78, 5) is 17.3. The molecule has 0 aliphatic rings. The molecular formula is C14H11NO2S2. The van der Waals surface area contributed by atoms with E-state index in [9.17, 15) is 4.79 Å². The number of carbonyl (C=O) groups is 1. The van der Waals surface area contributed by atoms with Crippen molar-refractivity contribution in [1.29, 1.82) is 0 Å². The molecule has 2 heterocycles. The van der Waals surface area contributed by atoms with Gasteiger partial charge in [0.25, 0.3) is 0 Å². The summed E-state index contributed by atoms with van der Waals surface area (Å²) >= 11 is 2.98. The van der Waals surface area contributed by atoms with Crippen LogP contribution >= 0.6 is 22.7 Å². The molecule has 3 rings (SSSR count). The number of aromatic nitrogens is 1. The highest BCUT2D eigenvalue weighted by Gasteiger charge is 2.13. The fraction of sp³-hybridized carbons (Fsp3) is 0.143. The van der Waals surface area contributed by atoms with Crippen molar-refractivity contribution in [2.24, 2.45) is 0 Å². The van der Waals surface area contributed by atoms with Crippen LogP contribution in [0.1, 0.15) is 14.7 Å². The second-order valence-corrected chi connectivity index (χ2v) is 6.05. The van der Waals surface area contributed by atoms with Gasteiger partial charge in [-0.15, -0.1) is 22.7 Å². The quantitative estimate of drug-likeness (QED) is 0.686. The Labute approximate surface area is 118 Å². The highest BCUT2D eigenvalue weighted by molar-refractivity contribution is 7.18. The highest BCUT2D eigenvalue weighted by Crippen LogP contribution is 2.25. The first kappa shape index (κ1) is 12.3. The van der Waals surface area contributed by atoms with Crippen molar-refractivity contribution in [3.8, 4) is 5.75 Å². The fourth-order valence-corrected chi connectivity index (χ4v) is 3.55. The molecule has 0 amide bonds. The summed E-state index contributed by atoms with van der Waals surface area (Å²) in [6, 6.07) is 9.71. The molecule has 0 radical (unpaired) electrons. The molecule has 1 aromatic carbocycles. The zero-order valence-corrected chi connectivity index (χ0v) is 11.9. The second-order valence-electron chi connectivity index (χ2n) is 4.03. The molecule has 96 valence electrons. The van der Waals surface area contributed by atoms with E-state index in [1.165, 1.54) is 11.3 Å². The lowest BCUT2D eigenvalue weighted by atomic mass is 10.2. The minimum absolute atomic E-state index is 0.0901. The first-order valence-electron chi connectivity index (χ1n) is 5.76. The van der Waals surface area contributed by atoms with Crippen molar-refractivity contribution in [3.63, 3.8) is 0 Å². The summed E-state index contributed by atoms with van der Waals surface area (Å²) in [7, 11) is 1.60. The number of fused-ring (bicyclic) bond motifs is 1. The van der Waals surface area contributed by atoms with Gasteiger partial charge in [0, 0.05) is 11.4 Å². The van der Waals surface area contributed by atoms with E-state index < -0.39 is 0 Å². The van der Waals surface area contributed by atoms with E-state index in [2.05, 4.69) is 4.98 Å². The summed E-state index contributed by atoms with van der Waals surface area (Å²) in [5, 5.41) is 2.70. The van der Waals surface area contributed by atoms with Crippen molar-refractivity contribution < 1.29 is 9.53 Å². The van der Waals surface area contributed by atoms with Crippen LogP contribution in [0.2, 0.25) is 0 Å². The molecule has 0 atom stereocenters. The van der Waals surface area contributed by atoms with Gasteiger partial charge in [-0.05, 0) is 12.1 Å². The Bertz CT molecular complexity index is 697. The SMILES string of the molecule is COc1csc(C(=O)Cc2nc3ccccc3s2)c1. The number of carbonyl (C=O) groups excluding carboxylic acids is 1. The molecular weight excluding hydrogens is 278 g/mol. The first-order chi connectivity index (χ1) is 9.26. The maximum atomic E-state index is 12.1. The van der Waals surface area contributed by atoms with Gasteiger partial charge >= 0.3 is 0 Å². The van der Waals surface area contributed by atoms with Gasteiger partial charge in [-0.2, -0.15) is 0 Å². The third kappa shape index (κ3) is 2.52. The number of hydrogen-bond acceptors (Lipinski definition) is 5. The average molecular weight is 289 g/mol. The van der Waals surface area contributed by atoms with Crippen LogP contribution in [0.4, 0.5) is 0 Å². The van der Waals surface area contributed by atoms with Crippen molar-refractivity contribution in [1.82, 2.24) is 4.98 Å². The molecule has 0 aliphatic carbocycles. The molecule has 0 saturated heterocycles. The normalized spacial score (nSPS) is 10.8. The lowest BCUT2D eigenvalue weighted by molar-refractivity contribution is 0.0996. The smallest absolute Gasteiger partial charge is 0.179 e. The van der Waals surface area contributed by atoms with Gasteiger partial charge in [-0.25, -0.2) is 4.98 Å². The number of para-hydroxylation sites is 1. The first-order valence-corrected chi connectivity index (χ1v) is 7.46. The van der Waals surface area contributed by atoms with E-state index in [1.54, 1.807) is 24.5 Å². The lowest BCUT2D eigenvalue weighted by Crippen LogP contribution is -2.00. The van der Waals surface area contributed by atoms with Crippen LogP contribution in [0.3, 0.4) is 0 Å². The topological polar surface area (TPSA) is 39.2 Å². The number of ether oxygens (including phenoxy) is 1. The van der Waals surface area contributed by atoms with Crippen LogP contribution in [0, 0.1) is 0 Å². The van der Waals surface area contributed by atoms with Crippen molar-refractivity contribution in [2.75, 3.05) is 7.11 Å². The zero-order valence-electron chi connectivity index (χ0n) is 10.3. The number of hydrogen-bond donors (Lipinski definition) is 0. The Morgan fingerprint density at radius 1 is 1.37 bits per heavy atom. The number of Topliss-reactive ketones (excluding diaryl/α,β-unsaturated/α-hetero) is 1. The van der Waals surface area contributed by atoms with Crippen LogP contribution in [0.15, 0.2) is 35.7 Å². The average Bonchev–Trinajstić information content (AvgIpc) is 3.04. The van der Waals surface area contributed by atoms with Crippen LogP contribution in [0.5, 0.6) is 5.75 Å². The minimum Gasteiger partial charge on any atom is -0.496 e. The van der Waals surface area contributed by atoms with Crippen molar-refractivity contribution in [2.45, 2.75) is 6.42 Å². The molecule has 0 aliphatic heterocycles. The maximum Gasteiger partial charge on any atom is 0.179 e. The Hall–Kier alpha value is -1.72. The van der Waals surface area contributed by atoms with Crippen molar-refractivity contribution in [3.05, 3.63) is 45.6 Å². The summed E-state index contributed by atoms with van der Waals surface area (Å²) < 4.78 is 6.21. The van der Waals surface area contributed by atoms with Gasteiger partial charge < -0.3 is 4.74 Å². The summed E-state index contributed by atoms with van der Waals surface area (Å²) in [5.41, 5.74) is 0.957. The van der Waals surface area contributed by atoms with Gasteiger partial charge in [0.2, 0.25) is 0 Å². The van der Waals surface area contributed by atoms with Gasteiger partial charge in [0.15, 0.2) is 5.78 Å². The standard InChI is InChI=1S/C14H11NO2S2/c1-17-9-6-13(18-8-9)11(16)7-14-15-10-4-2-3-5-12(10)19-14/h2-6,8H,7H2,1H3. The number of methoxy groups -OCH3 is 1. The van der Waals surface area contributed by atoms with E-state index in [-0.39, 0.29) is 5.78 Å². The number of ketones is 1. The van der Waals surface area contributed by atoms with E-state index in [4.69, 9.17) is 4.74 Å². The summed E-state index contributed by atoms with van der Waals surface area (Å²) in [6.45, 7) is 0. The molecule has 0 spiro atoms. The molecule has 3 nitrogen and oxygen atoms in total. The lowest BCUT2D eigenvalue weighted by Gasteiger charge is -1.93. The number of benzene rings is 1. The van der Waals surface area contributed by atoms with E-state index >= 15 is 0 Å². The molecule has 0 N–H and O–H groups in total. The molecule has 19 heavy (non-hydrogen) atoms. The largest absolute Gasteiger partial charge is 0.496 e. The van der Waals surface area contributed by atoms with E-state index in [1.807, 2.05) is 29.6 Å². The molecule has 0 unspecified atom stereocenters. The van der Waals surface area contributed by atoms with Gasteiger partial charge in [0.05, 0.1) is 28.6 Å². The third-order valence-electron chi connectivity index (χ3n) is 2.74. The second kappa shape index (κ2) is 5.11. The van der Waals surface area contributed by atoms with Gasteiger partial charge in [-0.1, -0.05) is 12.1 Å². The highest BCUT2D eigenvalue weighted by atomic mass is 32.1. The molecule has 5 heteroatoms. The molecule has 2 aromatic heterocycles. The van der Waals surface area contributed by atoms with Gasteiger partial charge in [0.1, 0.15) is 10.8 Å². The minimum atomic E-state index is 0.0901. The Morgan fingerprint density at radius 2 is 2.21 bits per heavy atom. The zero-order chi connectivity index (χ0) is 13.2. The Morgan fingerprint density at radius 3 is 2.95 bits per heavy atom. The van der Waals surface area contributed by atoms with Crippen LogP contribution < -0.4 is 4.74 Å². The number of nitrogens with zero attached hydrogens (tertiary/aromatic N) is 1. The molecule has 0 saturated carbocycles. The summed E-state index contributed by atoms with van der Waals surface area (Å²) in [5.74, 6) is 0.824. The van der Waals surface area contributed by atoms with Crippen LogP contribution in [-0.4, -0.2) is 17.9 Å². The fourth-order valence-electron chi connectivity index (χ4n) is 1.79. The Kier molecular flexibility index (Phi) is 3.31. The number of thiazole rings is 1. The molecule has 3 aromatic rings.